The summed E-state index contributed by atoms with van der Waals surface area (Å²) in [7, 11) is 1.47. The van der Waals surface area contributed by atoms with Crippen molar-refractivity contribution in [1.29, 1.82) is 0 Å². The van der Waals surface area contributed by atoms with Crippen molar-refractivity contribution in [1.82, 2.24) is 29.9 Å². The van der Waals surface area contributed by atoms with E-state index in [0.29, 0.717) is 34.7 Å². The standard InChI is InChI=1S/C26H32FN7O3/c1-15(2)34-21(8-9-29-34)24(35)32-23(22(16-4-5-16)17-6-7-17)25(36)31-20-12-30-33(14-20)13-18-10-19(27)11-28-26(18)37-3/h8-12,14-17,22-23H,4-7,13H2,1-3H3,(H,31,36)(H,32,35)/t23-/m0/s1. The first kappa shape index (κ1) is 24.9. The number of amides is 2. The molecule has 2 aliphatic carbocycles. The fourth-order valence-electron chi connectivity index (χ4n) is 5.02. The Morgan fingerprint density at radius 3 is 2.54 bits per heavy atom. The van der Waals surface area contributed by atoms with Crippen molar-refractivity contribution in [3.05, 3.63) is 54.0 Å². The first-order valence-corrected chi connectivity index (χ1v) is 12.7. The largest absolute Gasteiger partial charge is 0.481 e. The minimum absolute atomic E-state index is 0.0171. The van der Waals surface area contributed by atoms with Crippen LogP contribution >= 0.6 is 0 Å². The van der Waals surface area contributed by atoms with Crippen LogP contribution in [0.3, 0.4) is 0 Å². The quantitative estimate of drug-likeness (QED) is 0.409. The molecule has 0 unspecified atom stereocenters. The molecule has 0 aliphatic heterocycles. The third-order valence-corrected chi connectivity index (χ3v) is 7.00. The van der Waals surface area contributed by atoms with E-state index in [1.807, 2.05) is 13.8 Å². The van der Waals surface area contributed by atoms with Crippen LogP contribution in [-0.4, -0.2) is 49.5 Å². The van der Waals surface area contributed by atoms with E-state index in [1.54, 1.807) is 27.8 Å². The van der Waals surface area contributed by atoms with Gasteiger partial charge in [0.2, 0.25) is 11.8 Å². The zero-order valence-electron chi connectivity index (χ0n) is 21.2. The van der Waals surface area contributed by atoms with Gasteiger partial charge in [0, 0.05) is 24.0 Å². The van der Waals surface area contributed by atoms with E-state index >= 15 is 0 Å². The van der Waals surface area contributed by atoms with Crippen LogP contribution in [0.25, 0.3) is 0 Å². The molecule has 2 aliphatic rings. The van der Waals surface area contributed by atoms with Gasteiger partial charge in [-0.05, 0) is 69.4 Å². The SMILES string of the molecule is COc1ncc(F)cc1Cn1cc(NC(=O)[C@@H](NC(=O)c2ccnn2C(C)C)C(C2CC2)C2CC2)cn1. The van der Waals surface area contributed by atoms with Crippen molar-refractivity contribution in [2.45, 2.75) is 58.2 Å². The average Bonchev–Trinajstić information content (AvgIpc) is 3.79. The van der Waals surface area contributed by atoms with Gasteiger partial charge >= 0.3 is 0 Å². The lowest BCUT2D eigenvalue weighted by atomic mass is 9.88. The predicted octanol–water partition coefficient (Wildman–Crippen LogP) is 3.42. The van der Waals surface area contributed by atoms with Crippen molar-refractivity contribution in [2.75, 3.05) is 12.4 Å². The molecule has 3 aromatic heterocycles. The summed E-state index contributed by atoms with van der Waals surface area (Å²) in [6.07, 6.45) is 10.2. The Kier molecular flexibility index (Phi) is 6.94. The van der Waals surface area contributed by atoms with Gasteiger partial charge in [-0.1, -0.05) is 0 Å². The molecule has 2 N–H and O–H groups in total. The number of methoxy groups -OCH3 is 1. The Morgan fingerprint density at radius 1 is 1.16 bits per heavy atom. The molecule has 11 heteroatoms. The van der Waals surface area contributed by atoms with Gasteiger partial charge in [0.15, 0.2) is 0 Å². The Bertz CT molecular complexity index is 1270. The fraction of sp³-hybridized carbons (Fsp3) is 0.500. The van der Waals surface area contributed by atoms with E-state index in [2.05, 4.69) is 25.8 Å². The maximum atomic E-state index is 13.7. The number of nitrogens with one attached hydrogen (secondary N) is 2. The summed E-state index contributed by atoms with van der Waals surface area (Å²) >= 11 is 0. The second kappa shape index (κ2) is 10.3. The zero-order chi connectivity index (χ0) is 26.1. The lowest BCUT2D eigenvalue weighted by Crippen LogP contribution is -2.50. The lowest BCUT2D eigenvalue weighted by molar-refractivity contribution is -0.119. The van der Waals surface area contributed by atoms with Gasteiger partial charge in [0.05, 0.1) is 31.7 Å². The molecule has 1 atom stereocenters. The van der Waals surface area contributed by atoms with Crippen molar-refractivity contribution >= 4 is 17.5 Å². The summed E-state index contributed by atoms with van der Waals surface area (Å²) in [6.45, 7) is 4.13. The van der Waals surface area contributed by atoms with Crippen molar-refractivity contribution in [3.8, 4) is 5.88 Å². The van der Waals surface area contributed by atoms with Gasteiger partial charge in [-0.15, -0.1) is 0 Å². The van der Waals surface area contributed by atoms with E-state index in [-0.39, 0.29) is 30.3 Å². The molecule has 3 aromatic rings. The van der Waals surface area contributed by atoms with Gasteiger partial charge in [-0.25, -0.2) is 9.37 Å². The summed E-state index contributed by atoms with van der Waals surface area (Å²) in [5.41, 5.74) is 1.45. The number of nitrogens with zero attached hydrogens (tertiary/aromatic N) is 5. The van der Waals surface area contributed by atoms with E-state index in [9.17, 15) is 14.0 Å². The molecular formula is C26H32FN7O3. The Balaban J connectivity index is 1.33. The average molecular weight is 510 g/mol. The molecule has 2 saturated carbocycles. The highest BCUT2D eigenvalue weighted by atomic mass is 19.1. The summed E-state index contributed by atoms with van der Waals surface area (Å²) in [6, 6.07) is 2.37. The van der Waals surface area contributed by atoms with Crippen molar-refractivity contribution in [3.63, 3.8) is 0 Å². The van der Waals surface area contributed by atoms with E-state index in [0.717, 1.165) is 31.9 Å². The summed E-state index contributed by atoms with van der Waals surface area (Å²) in [5, 5.41) is 14.5. The number of rotatable bonds is 11. The third kappa shape index (κ3) is 5.65. The van der Waals surface area contributed by atoms with Crippen LogP contribution in [-0.2, 0) is 11.3 Å². The van der Waals surface area contributed by atoms with Gasteiger partial charge in [0.25, 0.3) is 5.91 Å². The number of anilines is 1. The van der Waals surface area contributed by atoms with Crippen LogP contribution in [0.15, 0.2) is 36.9 Å². The zero-order valence-corrected chi connectivity index (χ0v) is 21.2. The van der Waals surface area contributed by atoms with E-state index in [1.165, 1.54) is 19.4 Å². The Labute approximate surface area is 214 Å². The molecular weight excluding hydrogens is 477 g/mol. The van der Waals surface area contributed by atoms with Crippen molar-refractivity contribution < 1.29 is 18.7 Å². The van der Waals surface area contributed by atoms with Crippen LogP contribution in [0.2, 0.25) is 0 Å². The van der Waals surface area contributed by atoms with Crippen LogP contribution in [0, 0.1) is 23.6 Å². The fourth-order valence-corrected chi connectivity index (χ4v) is 5.02. The molecule has 0 saturated heterocycles. The summed E-state index contributed by atoms with van der Waals surface area (Å²) in [5.74, 6) is 0.236. The van der Waals surface area contributed by atoms with Crippen LogP contribution < -0.4 is 15.4 Å². The molecule has 10 nitrogen and oxygen atoms in total. The molecule has 0 aromatic carbocycles. The highest BCUT2D eigenvalue weighted by molar-refractivity contribution is 6.00. The Hall–Kier alpha value is -3.76. The van der Waals surface area contributed by atoms with Crippen LogP contribution in [0.5, 0.6) is 5.88 Å². The molecule has 37 heavy (non-hydrogen) atoms. The monoisotopic (exact) mass is 509 g/mol. The molecule has 2 amide bonds. The minimum Gasteiger partial charge on any atom is -0.481 e. The smallest absolute Gasteiger partial charge is 0.270 e. The number of hydrogen-bond donors (Lipinski definition) is 2. The number of carbonyl (C=O) groups excluding carboxylic acids is 2. The summed E-state index contributed by atoms with van der Waals surface area (Å²) in [4.78, 5) is 30.8. The molecule has 0 spiro atoms. The predicted molar refractivity (Wildman–Crippen MR) is 134 cm³/mol. The number of pyridine rings is 1. The van der Waals surface area contributed by atoms with E-state index < -0.39 is 11.9 Å². The number of ether oxygens (including phenoxy) is 1. The third-order valence-electron chi connectivity index (χ3n) is 7.00. The Morgan fingerprint density at radius 2 is 1.89 bits per heavy atom. The number of carbonyl (C=O) groups is 2. The lowest BCUT2D eigenvalue weighted by Gasteiger charge is -2.27. The summed E-state index contributed by atoms with van der Waals surface area (Å²) < 4.78 is 22.1. The first-order chi connectivity index (χ1) is 17.8. The topological polar surface area (TPSA) is 116 Å². The number of aromatic nitrogens is 5. The molecule has 5 rings (SSSR count). The van der Waals surface area contributed by atoms with E-state index in [4.69, 9.17) is 4.74 Å². The van der Waals surface area contributed by atoms with Crippen molar-refractivity contribution in [2.24, 2.45) is 17.8 Å². The molecule has 3 heterocycles. The van der Waals surface area contributed by atoms with Crippen LogP contribution in [0.1, 0.15) is 61.6 Å². The molecule has 0 radical (unpaired) electrons. The second-order valence-corrected chi connectivity index (χ2v) is 10.2. The number of halogens is 1. The highest BCUT2D eigenvalue weighted by Gasteiger charge is 2.48. The van der Waals surface area contributed by atoms with Crippen LogP contribution in [0.4, 0.5) is 10.1 Å². The first-order valence-electron chi connectivity index (χ1n) is 12.7. The van der Waals surface area contributed by atoms with Gasteiger partial charge in [-0.3, -0.25) is 19.0 Å². The highest BCUT2D eigenvalue weighted by Crippen LogP contribution is 2.51. The maximum Gasteiger partial charge on any atom is 0.270 e. The minimum atomic E-state index is -0.668. The maximum absolute atomic E-state index is 13.7. The normalized spacial score (nSPS) is 16.2. The second-order valence-electron chi connectivity index (χ2n) is 10.2. The molecule has 2 fully saturated rings. The van der Waals surface area contributed by atoms with Gasteiger partial charge < -0.3 is 15.4 Å². The van der Waals surface area contributed by atoms with Gasteiger partial charge in [0.1, 0.15) is 17.6 Å². The van der Waals surface area contributed by atoms with Gasteiger partial charge in [-0.2, -0.15) is 10.2 Å². The molecule has 196 valence electrons. The number of hydrogen-bond acceptors (Lipinski definition) is 6. The molecule has 0 bridgehead atoms.